The summed E-state index contributed by atoms with van der Waals surface area (Å²) in [4.78, 5) is 3.75. The number of aromatic nitrogens is 1. The summed E-state index contributed by atoms with van der Waals surface area (Å²) >= 11 is 0.574. The van der Waals surface area contributed by atoms with Crippen LogP contribution < -0.4 is 0 Å². The number of hydrogen-bond acceptors (Lipinski definition) is 3. The minimum atomic E-state index is -4.42. The number of alkyl halides is 3. The van der Waals surface area contributed by atoms with Crippen molar-refractivity contribution in [3.63, 3.8) is 0 Å². The van der Waals surface area contributed by atoms with Crippen molar-refractivity contribution >= 4 is 11.3 Å². The number of rotatable bonds is 3. The van der Waals surface area contributed by atoms with E-state index >= 15 is 0 Å². The molecule has 1 fully saturated rings. The Balaban J connectivity index is 2.07. The molecule has 0 unspecified atom stereocenters. The van der Waals surface area contributed by atoms with Crippen molar-refractivity contribution in [3.05, 3.63) is 16.1 Å². The van der Waals surface area contributed by atoms with Gasteiger partial charge in [-0.15, -0.1) is 11.3 Å². The molecule has 2 rings (SSSR count). The quantitative estimate of drug-likeness (QED) is 0.899. The Morgan fingerprint density at radius 1 is 1.42 bits per heavy atom. The van der Waals surface area contributed by atoms with Crippen LogP contribution in [0.15, 0.2) is 6.20 Å². The standard InChI is InChI=1S/C13H18F3NOS/c1-2-3-9-4-6-12(18,7-5-9)10-8-17-11(19-10)13(14,15)16/h8-9,18H,2-7H2,1H3. The van der Waals surface area contributed by atoms with E-state index in [0.717, 1.165) is 25.7 Å². The first-order valence-corrected chi connectivity index (χ1v) is 7.42. The number of nitrogens with zero attached hydrogens (tertiary/aromatic N) is 1. The van der Waals surface area contributed by atoms with Crippen LogP contribution in [0.2, 0.25) is 0 Å². The van der Waals surface area contributed by atoms with E-state index in [1.54, 1.807) is 0 Å². The minimum Gasteiger partial charge on any atom is -0.384 e. The van der Waals surface area contributed by atoms with Crippen LogP contribution in [0, 0.1) is 5.92 Å². The monoisotopic (exact) mass is 293 g/mol. The average Bonchev–Trinajstić information content (AvgIpc) is 2.82. The molecular weight excluding hydrogens is 275 g/mol. The van der Waals surface area contributed by atoms with Crippen LogP contribution in [-0.4, -0.2) is 10.1 Å². The molecule has 1 aliphatic carbocycles. The summed E-state index contributed by atoms with van der Waals surface area (Å²) in [6.45, 7) is 2.12. The first-order valence-electron chi connectivity index (χ1n) is 6.61. The average molecular weight is 293 g/mol. The van der Waals surface area contributed by atoms with Gasteiger partial charge >= 0.3 is 6.18 Å². The van der Waals surface area contributed by atoms with Gasteiger partial charge in [-0.05, 0) is 31.6 Å². The third-order valence-corrected chi connectivity index (χ3v) is 5.07. The molecule has 19 heavy (non-hydrogen) atoms. The lowest BCUT2D eigenvalue weighted by atomic mass is 9.77. The number of halogens is 3. The lowest BCUT2D eigenvalue weighted by Gasteiger charge is -2.35. The molecule has 1 aromatic heterocycles. The maximum Gasteiger partial charge on any atom is 0.443 e. The van der Waals surface area contributed by atoms with Crippen molar-refractivity contribution in [2.45, 2.75) is 57.2 Å². The highest BCUT2D eigenvalue weighted by molar-refractivity contribution is 7.11. The fraction of sp³-hybridized carbons (Fsp3) is 0.769. The van der Waals surface area contributed by atoms with Crippen molar-refractivity contribution in [1.82, 2.24) is 4.98 Å². The third-order valence-electron chi connectivity index (χ3n) is 3.84. The molecule has 1 N–H and O–H groups in total. The zero-order valence-corrected chi connectivity index (χ0v) is 11.7. The SMILES string of the molecule is CCCC1CCC(O)(c2cnc(C(F)(F)F)s2)CC1. The first-order chi connectivity index (χ1) is 8.85. The van der Waals surface area contributed by atoms with Crippen molar-refractivity contribution in [1.29, 1.82) is 0 Å². The van der Waals surface area contributed by atoms with Gasteiger partial charge in [0, 0.05) is 6.20 Å². The van der Waals surface area contributed by atoms with Gasteiger partial charge in [0.15, 0.2) is 5.01 Å². The molecule has 0 spiro atoms. The second-order valence-corrected chi connectivity index (χ2v) is 6.32. The van der Waals surface area contributed by atoms with Crippen LogP contribution >= 0.6 is 11.3 Å². The van der Waals surface area contributed by atoms with Gasteiger partial charge < -0.3 is 5.11 Å². The highest BCUT2D eigenvalue weighted by Gasteiger charge is 2.40. The molecule has 108 valence electrons. The predicted molar refractivity (Wildman–Crippen MR) is 67.9 cm³/mol. The Kier molecular flexibility index (Phi) is 4.20. The zero-order valence-electron chi connectivity index (χ0n) is 10.8. The number of thiazole rings is 1. The van der Waals surface area contributed by atoms with Crippen LogP contribution in [-0.2, 0) is 11.8 Å². The molecular formula is C13H18F3NOS. The third kappa shape index (κ3) is 3.28. The summed E-state index contributed by atoms with van der Waals surface area (Å²) in [6, 6.07) is 0. The molecule has 1 heterocycles. The Morgan fingerprint density at radius 2 is 2.05 bits per heavy atom. The van der Waals surface area contributed by atoms with E-state index in [-0.39, 0.29) is 0 Å². The smallest absolute Gasteiger partial charge is 0.384 e. The van der Waals surface area contributed by atoms with Gasteiger partial charge in [-0.1, -0.05) is 19.8 Å². The van der Waals surface area contributed by atoms with E-state index in [0.29, 0.717) is 35.0 Å². The van der Waals surface area contributed by atoms with Gasteiger partial charge in [-0.25, -0.2) is 4.98 Å². The van der Waals surface area contributed by atoms with E-state index in [1.807, 2.05) is 0 Å². The van der Waals surface area contributed by atoms with Crippen molar-refractivity contribution < 1.29 is 18.3 Å². The predicted octanol–water partition coefficient (Wildman–Crippen LogP) is 4.34. The van der Waals surface area contributed by atoms with E-state index in [9.17, 15) is 18.3 Å². The van der Waals surface area contributed by atoms with Crippen molar-refractivity contribution in [3.8, 4) is 0 Å². The normalized spacial score (nSPS) is 28.6. The van der Waals surface area contributed by atoms with Crippen LogP contribution in [0.3, 0.4) is 0 Å². The van der Waals surface area contributed by atoms with Crippen LogP contribution in [0.5, 0.6) is 0 Å². The summed E-state index contributed by atoms with van der Waals surface area (Å²) in [5.41, 5.74) is -1.11. The molecule has 6 heteroatoms. The maximum absolute atomic E-state index is 12.5. The van der Waals surface area contributed by atoms with Crippen molar-refractivity contribution in [2.24, 2.45) is 5.92 Å². The minimum absolute atomic E-state index is 0.356. The Morgan fingerprint density at radius 3 is 2.53 bits per heavy atom. The maximum atomic E-state index is 12.5. The fourth-order valence-corrected chi connectivity index (χ4v) is 3.65. The zero-order chi connectivity index (χ0) is 14.1. The highest BCUT2D eigenvalue weighted by Crippen LogP contribution is 2.44. The molecule has 0 aromatic carbocycles. The number of aliphatic hydroxyl groups is 1. The summed E-state index contributed by atoms with van der Waals surface area (Å²) < 4.78 is 37.6. The summed E-state index contributed by atoms with van der Waals surface area (Å²) in [6.07, 6.45) is 1.85. The van der Waals surface area contributed by atoms with E-state index in [4.69, 9.17) is 0 Å². The molecule has 2 nitrogen and oxygen atoms in total. The van der Waals surface area contributed by atoms with Gasteiger partial charge in [0.2, 0.25) is 0 Å². The first kappa shape index (κ1) is 14.8. The molecule has 1 aliphatic rings. The summed E-state index contributed by atoms with van der Waals surface area (Å²) in [5.74, 6) is 0.597. The lowest BCUT2D eigenvalue weighted by molar-refractivity contribution is -0.137. The van der Waals surface area contributed by atoms with Crippen LogP contribution in [0.25, 0.3) is 0 Å². The van der Waals surface area contributed by atoms with Crippen molar-refractivity contribution in [2.75, 3.05) is 0 Å². The van der Waals surface area contributed by atoms with Crippen LogP contribution in [0.4, 0.5) is 13.2 Å². The molecule has 0 amide bonds. The molecule has 1 aromatic rings. The van der Waals surface area contributed by atoms with E-state index < -0.39 is 16.8 Å². The Hall–Kier alpha value is -0.620. The number of hydrogen-bond donors (Lipinski definition) is 1. The van der Waals surface area contributed by atoms with Gasteiger partial charge in [-0.3, -0.25) is 0 Å². The molecule has 0 saturated heterocycles. The molecule has 0 bridgehead atoms. The van der Waals surface area contributed by atoms with Gasteiger partial charge in [0.25, 0.3) is 0 Å². The van der Waals surface area contributed by atoms with Gasteiger partial charge in [0.1, 0.15) is 5.60 Å². The molecule has 1 saturated carbocycles. The topological polar surface area (TPSA) is 33.1 Å². The second kappa shape index (κ2) is 5.40. The van der Waals surface area contributed by atoms with E-state index in [2.05, 4.69) is 11.9 Å². The molecule has 0 aliphatic heterocycles. The second-order valence-electron chi connectivity index (χ2n) is 5.29. The van der Waals surface area contributed by atoms with Crippen LogP contribution in [0.1, 0.15) is 55.3 Å². The lowest BCUT2D eigenvalue weighted by Crippen LogP contribution is -2.30. The summed E-state index contributed by atoms with van der Waals surface area (Å²) in [5, 5.41) is 9.64. The van der Waals surface area contributed by atoms with Gasteiger partial charge in [0.05, 0.1) is 4.88 Å². The highest BCUT2D eigenvalue weighted by atomic mass is 32.1. The largest absolute Gasteiger partial charge is 0.443 e. The Bertz CT molecular complexity index is 422. The molecule has 0 atom stereocenters. The van der Waals surface area contributed by atoms with E-state index in [1.165, 1.54) is 6.20 Å². The Labute approximate surface area is 114 Å². The summed E-state index contributed by atoms with van der Waals surface area (Å²) in [7, 11) is 0. The fourth-order valence-electron chi connectivity index (χ4n) is 2.72. The molecule has 0 radical (unpaired) electrons. The van der Waals surface area contributed by atoms with Gasteiger partial charge in [-0.2, -0.15) is 13.2 Å².